The van der Waals surface area contributed by atoms with E-state index in [-0.39, 0.29) is 11.9 Å². The summed E-state index contributed by atoms with van der Waals surface area (Å²) in [7, 11) is -3.60. The molecule has 0 aromatic heterocycles. The number of halogens is 1. The predicted molar refractivity (Wildman–Crippen MR) is 90.7 cm³/mol. The molecule has 0 saturated carbocycles. The van der Waals surface area contributed by atoms with Gasteiger partial charge in [0.15, 0.2) is 0 Å². The van der Waals surface area contributed by atoms with Crippen molar-refractivity contribution in [3.05, 3.63) is 29.3 Å². The molecule has 22 heavy (non-hydrogen) atoms. The van der Waals surface area contributed by atoms with Crippen molar-refractivity contribution in [2.24, 2.45) is 0 Å². The number of hydrogen-bond donors (Lipinski definition) is 1. The average Bonchev–Trinajstić information content (AvgIpc) is 2.44. The van der Waals surface area contributed by atoms with E-state index in [1.54, 1.807) is 31.2 Å². The number of hydrogen-bond acceptors (Lipinski definition) is 3. The van der Waals surface area contributed by atoms with E-state index >= 15 is 0 Å². The molecule has 0 bridgehead atoms. The third kappa shape index (κ3) is 4.88. The molecule has 0 aliphatic carbocycles. The number of benzene rings is 1. The van der Waals surface area contributed by atoms with Gasteiger partial charge in [0.25, 0.3) is 0 Å². The Morgan fingerprint density at radius 1 is 1.23 bits per heavy atom. The van der Waals surface area contributed by atoms with Gasteiger partial charge >= 0.3 is 0 Å². The van der Waals surface area contributed by atoms with Crippen LogP contribution in [0.25, 0.3) is 0 Å². The molecule has 124 valence electrons. The first kappa shape index (κ1) is 18.8. The molecule has 0 spiro atoms. The second-order valence-corrected chi connectivity index (χ2v) is 7.57. The molecule has 5 nitrogen and oxygen atoms in total. The second kappa shape index (κ2) is 7.83. The number of anilines is 1. The standard InChI is InChI=1S/C15H23ClN2O3S/c1-5-11(3)17-15(19)14(6-2)18(22(4,20)21)13-9-7-12(16)8-10-13/h7-11,14H,5-6H2,1-4H3,(H,17,19)/t11-,14-/m0/s1. The first-order chi connectivity index (χ1) is 10.2. The van der Waals surface area contributed by atoms with Crippen LogP contribution in [0, 0.1) is 0 Å². The van der Waals surface area contributed by atoms with Gasteiger partial charge in [-0.3, -0.25) is 9.10 Å². The Balaban J connectivity index is 3.19. The number of rotatable bonds is 7. The smallest absolute Gasteiger partial charge is 0.244 e. The van der Waals surface area contributed by atoms with Gasteiger partial charge in [-0.1, -0.05) is 25.4 Å². The maximum atomic E-state index is 12.4. The maximum Gasteiger partial charge on any atom is 0.244 e. The lowest BCUT2D eigenvalue weighted by atomic mass is 10.1. The third-order valence-corrected chi connectivity index (χ3v) is 4.84. The van der Waals surface area contributed by atoms with Gasteiger partial charge in [0, 0.05) is 11.1 Å². The Bertz CT molecular complexity index is 602. The zero-order valence-corrected chi connectivity index (χ0v) is 14.9. The van der Waals surface area contributed by atoms with Gasteiger partial charge in [-0.2, -0.15) is 0 Å². The van der Waals surface area contributed by atoms with Gasteiger partial charge in [-0.25, -0.2) is 8.42 Å². The fraction of sp³-hybridized carbons (Fsp3) is 0.533. The van der Waals surface area contributed by atoms with Crippen molar-refractivity contribution in [3.8, 4) is 0 Å². The minimum absolute atomic E-state index is 0.00632. The van der Waals surface area contributed by atoms with Crippen LogP contribution in [0.5, 0.6) is 0 Å². The highest BCUT2D eigenvalue weighted by atomic mass is 35.5. The molecule has 0 aliphatic rings. The highest BCUT2D eigenvalue weighted by Crippen LogP contribution is 2.24. The normalized spacial score (nSPS) is 14.2. The molecular formula is C15H23ClN2O3S. The molecule has 2 atom stereocenters. The molecule has 0 aliphatic heterocycles. The summed E-state index contributed by atoms with van der Waals surface area (Å²) < 4.78 is 25.5. The first-order valence-corrected chi connectivity index (χ1v) is 9.48. The van der Waals surface area contributed by atoms with Crippen LogP contribution in [0.3, 0.4) is 0 Å². The Morgan fingerprint density at radius 3 is 2.18 bits per heavy atom. The summed E-state index contributed by atoms with van der Waals surface area (Å²) in [6.45, 7) is 5.63. The Labute approximate surface area is 137 Å². The fourth-order valence-corrected chi connectivity index (χ4v) is 3.43. The van der Waals surface area contributed by atoms with Crippen LogP contribution >= 0.6 is 11.6 Å². The van der Waals surface area contributed by atoms with Crippen LogP contribution in [-0.4, -0.2) is 32.7 Å². The lowest BCUT2D eigenvalue weighted by molar-refractivity contribution is -0.122. The molecule has 0 heterocycles. The van der Waals surface area contributed by atoms with Crippen molar-refractivity contribution in [2.75, 3.05) is 10.6 Å². The minimum atomic E-state index is -3.60. The highest BCUT2D eigenvalue weighted by Gasteiger charge is 2.31. The fourth-order valence-electron chi connectivity index (χ4n) is 2.09. The SMILES string of the molecule is CC[C@H](C)NC(=O)[C@H](CC)N(c1ccc(Cl)cc1)S(C)(=O)=O. The summed E-state index contributed by atoms with van der Waals surface area (Å²) in [6.07, 6.45) is 2.25. The van der Waals surface area contributed by atoms with Crippen molar-refractivity contribution < 1.29 is 13.2 Å². The van der Waals surface area contributed by atoms with E-state index in [0.29, 0.717) is 17.1 Å². The zero-order valence-electron chi connectivity index (χ0n) is 13.3. The van der Waals surface area contributed by atoms with E-state index in [1.807, 2.05) is 13.8 Å². The first-order valence-electron chi connectivity index (χ1n) is 7.26. The van der Waals surface area contributed by atoms with Crippen LogP contribution in [0.2, 0.25) is 5.02 Å². The number of nitrogens with zero attached hydrogens (tertiary/aromatic N) is 1. The summed E-state index contributed by atoms with van der Waals surface area (Å²) in [4.78, 5) is 12.4. The monoisotopic (exact) mass is 346 g/mol. The number of amides is 1. The summed E-state index contributed by atoms with van der Waals surface area (Å²) in [5.41, 5.74) is 0.429. The molecule has 0 fully saturated rings. The van der Waals surface area contributed by atoms with Crippen molar-refractivity contribution in [1.82, 2.24) is 5.32 Å². The number of sulfonamides is 1. The summed E-state index contributed by atoms with van der Waals surface area (Å²) >= 11 is 5.85. The number of nitrogens with one attached hydrogen (secondary N) is 1. The van der Waals surface area contributed by atoms with E-state index in [9.17, 15) is 13.2 Å². The molecule has 0 saturated heterocycles. The molecule has 1 aromatic rings. The van der Waals surface area contributed by atoms with Crippen molar-refractivity contribution in [2.45, 2.75) is 45.7 Å². The predicted octanol–water partition coefficient (Wildman–Crippen LogP) is 2.80. The summed E-state index contributed by atoms with van der Waals surface area (Å²) in [5, 5.41) is 3.35. The lowest BCUT2D eigenvalue weighted by Gasteiger charge is -2.31. The van der Waals surface area contributed by atoms with Crippen molar-refractivity contribution in [1.29, 1.82) is 0 Å². The molecule has 1 rings (SSSR count). The van der Waals surface area contributed by atoms with Crippen molar-refractivity contribution >= 4 is 33.2 Å². The van der Waals surface area contributed by atoms with E-state index in [4.69, 9.17) is 11.6 Å². The lowest BCUT2D eigenvalue weighted by Crippen LogP contribution is -2.51. The van der Waals surface area contributed by atoms with Gasteiger partial charge in [0.1, 0.15) is 6.04 Å². The van der Waals surface area contributed by atoms with Crippen LogP contribution in [0.4, 0.5) is 5.69 Å². The van der Waals surface area contributed by atoms with Crippen LogP contribution in [-0.2, 0) is 14.8 Å². The molecule has 0 unspecified atom stereocenters. The Hall–Kier alpha value is -1.27. The van der Waals surface area contributed by atoms with Gasteiger partial charge < -0.3 is 5.32 Å². The minimum Gasteiger partial charge on any atom is -0.352 e. The third-order valence-electron chi connectivity index (χ3n) is 3.41. The van der Waals surface area contributed by atoms with Crippen LogP contribution < -0.4 is 9.62 Å². The average molecular weight is 347 g/mol. The summed E-state index contributed by atoms with van der Waals surface area (Å²) in [6, 6.07) is 5.62. The van der Waals surface area contributed by atoms with Gasteiger partial charge in [-0.05, 0) is 44.0 Å². The van der Waals surface area contributed by atoms with Crippen molar-refractivity contribution in [3.63, 3.8) is 0 Å². The van der Waals surface area contributed by atoms with Gasteiger partial charge in [0.2, 0.25) is 15.9 Å². The van der Waals surface area contributed by atoms with E-state index in [1.165, 1.54) is 0 Å². The zero-order chi connectivity index (χ0) is 16.9. The maximum absolute atomic E-state index is 12.4. The van der Waals surface area contributed by atoms with E-state index in [0.717, 1.165) is 17.0 Å². The van der Waals surface area contributed by atoms with Gasteiger partial charge in [0.05, 0.1) is 11.9 Å². The molecular weight excluding hydrogens is 324 g/mol. The summed E-state index contributed by atoms with van der Waals surface area (Å²) in [5.74, 6) is -0.294. The topological polar surface area (TPSA) is 66.5 Å². The Kier molecular flexibility index (Phi) is 6.68. The molecule has 7 heteroatoms. The van der Waals surface area contributed by atoms with E-state index in [2.05, 4.69) is 5.32 Å². The van der Waals surface area contributed by atoms with E-state index < -0.39 is 16.1 Å². The second-order valence-electron chi connectivity index (χ2n) is 5.28. The van der Waals surface area contributed by atoms with Crippen LogP contribution in [0.1, 0.15) is 33.6 Å². The quantitative estimate of drug-likeness (QED) is 0.825. The molecule has 0 radical (unpaired) electrons. The number of carbonyl (C=O) groups excluding carboxylic acids is 1. The van der Waals surface area contributed by atoms with Crippen LogP contribution in [0.15, 0.2) is 24.3 Å². The van der Waals surface area contributed by atoms with Gasteiger partial charge in [-0.15, -0.1) is 0 Å². The highest BCUT2D eigenvalue weighted by molar-refractivity contribution is 7.92. The molecule has 1 amide bonds. The molecule has 1 N–H and O–H groups in total. The molecule has 1 aromatic carbocycles. The largest absolute Gasteiger partial charge is 0.352 e. The Morgan fingerprint density at radius 2 is 1.77 bits per heavy atom. The number of carbonyl (C=O) groups is 1.